The Kier molecular flexibility index (Phi) is 12.0. The van der Waals surface area contributed by atoms with Crippen molar-refractivity contribution in [3.05, 3.63) is 5.28 Å². The average molecular weight is 480 g/mol. The molecule has 0 unspecified atom stereocenters. The molecule has 0 aliphatic carbocycles. The highest BCUT2D eigenvalue weighted by atomic mass is 35.5. The van der Waals surface area contributed by atoms with Crippen LogP contribution >= 0.6 is 11.6 Å². The molecular weight excluding hydrogens is 434 g/mol. The van der Waals surface area contributed by atoms with Gasteiger partial charge in [-0.2, -0.15) is 15.0 Å². The summed E-state index contributed by atoms with van der Waals surface area (Å²) in [5.41, 5.74) is 0. The van der Waals surface area contributed by atoms with Crippen molar-refractivity contribution in [2.45, 2.75) is 78.1 Å². The second-order valence-corrected chi connectivity index (χ2v) is 10.2. The van der Waals surface area contributed by atoms with Crippen molar-refractivity contribution < 1.29 is 0 Å². The quantitative estimate of drug-likeness (QED) is 0.380. The zero-order chi connectivity index (χ0) is 23.3. The Morgan fingerprint density at radius 1 is 0.697 bits per heavy atom. The summed E-state index contributed by atoms with van der Waals surface area (Å²) in [7, 11) is 0. The molecule has 2 N–H and O–H groups in total. The molecule has 0 amide bonds. The summed E-state index contributed by atoms with van der Waals surface area (Å²) < 4.78 is 0. The number of halogens is 1. The molecular formula is C25H46ClN7. The summed E-state index contributed by atoms with van der Waals surface area (Å²) in [4.78, 5) is 18.4. The topological polar surface area (TPSA) is 69.2 Å². The van der Waals surface area contributed by atoms with Crippen molar-refractivity contribution >= 4 is 23.5 Å². The fourth-order valence-corrected chi connectivity index (χ4v) is 5.07. The Labute approximate surface area is 206 Å². The van der Waals surface area contributed by atoms with Gasteiger partial charge in [-0.25, -0.2) is 0 Å². The largest absolute Gasteiger partial charge is 0.341 e. The Hall–Kier alpha value is -1.18. The maximum Gasteiger partial charge on any atom is 0.231 e. The standard InChI is InChI=1S/C25H46ClN7/c1-3-5-13-27-15-7-21-9-17-32(18-10-21)24-29-23(26)30-25(31-24)33-19-11-22(12-20-33)8-16-28-14-6-4-2/h21-22,27-28H,3-20H2,1-2H3. The third-order valence-corrected chi connectivity index (χ3v) is 7.42. The summed E-state index contributed by atoms with van der Waals surface area (Å²) in [5, 5.41) is 7.47. The van der Waals surface area contributed by atoms with E-state index in [4.69, 9.17) is 16.6 Å². The summed E-state index contributed by atoms with van der Waals surface area (Å²) in [5.74, 6) is 3.10. The van der Waals surface area contributed by atoms with E-state index in [0.717, 1.165) is 76.1 Å². The molecule has 0 saturated carbocycles. The molecule has 0 aromatic carbocycles. The lowest BCUT2D eigenvalue weighted by molar-refractivity contribution is 0.368. The summed E-state index contributed by atoms with van der Waals surface area (Å²) in [6.07, 6.45) is 12.4. The Balaban J connectivity index is 1.42. The minimum absolute atomic E-state index is 0.319. The molecule has 0 spiro atoms. The lowest BCUT2D eigenvalue weighted by Gasteiger charge is -2.34. The van der Waals surface area contributed by atoms with Crippen LogP contribution in [0.3, 0.4) is 0 Å². The number of unbranched alkanes of at least 4 members (excludes halogenated alkanes) is 2. The van der Waals surface area contributed by atoms with Crippen molar-refractivity contribution in [1.29, 1.82) is 0 Å². The van der Waals surface area contributed by atoms with E-state index in [9.17, 15) is 0 Å². The van der Waals surface area contributed by atoms with Crippen LogP contribution in [-0.2, 0) is 0 Å². The number of aromatic nitrogens is 3. The molecule has 188 valence electrons. The second kappa shape index (κ2) is 14.9. The van der Waals surface area contributed by atoms with E-state index >= 15 is 0 Å². The Bertz CT molecular complexity index is 606. The molecule has 0 radical (unpaired) electrons. The predicted molar refractivity (Wildman–Crippen MR) is 140 cm³/mol. The average Bonchev–Trinajstić information content (AvgIpc) is 2.84. The van der Waals surface area contributed by atoms with Gasteiger partial charge >= 0.3 is 0 Å². The first-order chi connectivity index (χ1) is 16.2. The Morgan fingerprint density at radius 3 is 1.52 bits per heavy atom. The van der Waals surface area contributed by atoms with E-state index in [0.29, 0.717) is 5.28 Å². The van der Waals surface area contributed by atoms with Gasteiger partial charge in [0.15, 0.2) is 0 Å². The van der Waals surface area contributed by atoms with E-state index < -0.39 is 0 Å². The molecule has 1 aromatic heterocycles. The van der Waals surface area contributed by atoms with Crippen LogP contribution in [0.4, 0.5) is 11.9 Å². The fourth-order valence-electron chi connectivity index (χ4n) is 4.92. The number of piperidine rings is 2. The van der Waals surface area contributed by atoms with Crippen molar-refractivity contribution in [2.75, 3.05) is 62.2 Å². The SMILES string of the molecule is CCCCNCCC1CCN(c2nc(Cl)nc(N3CCC(CCNCCCC)CC3)n2)CC1. The fraction of sp³-hybridized carbons (Fsp3) is 0.880. The highest BCUT2D eigenvalue weighted by Gasteiger charge is 2.25. The third kappa shape index (κ3) is 9.18. The minimum atomic E-state index is 0.319. The normalized spacial score (nSPS) is 18.3. The first-order valence-corrected chi connectivity index (χ1v) is 13.9. The molecule has 8 heteroatoms. The van der Waals surface area contributed by atoms with Crippen molar-refractivity contribution in [3.63, 3.8) is 0 Å². The number of hydrogen-bond acceptors (Lipinski definition) is 7. The van der Waals surface area contributed by atoms with Crippen LogP contribution in [-0.4, -0.2) is 67.3 Å². The number of hydrogen-bond donors (Lipinski definition) is 2. The van der Waals surface area contributed by atoms with Gasteiger partial charge in [-0.1, -0.05) is 26.7 Å². The molecule has 3 rings (SSSR count). The molecule has 2 aliphatic rings. The summed E-state index contributed by atoms with van der Waals surface area (Å²) in [6.45, 7) is 13.1. The molecule has 0 atom stereocenters. The predicted octanol–water partition coefficient (Wildman–Crippen LogP) is 4.52. The number of nitrogens with zero attached hydrogens (tertiary/aromatic N) is 5. The van der Waals surface area contributed by atoms with Crippen LogP contribution in [0.15, 0.2) is 0 Å². The minimum Gasteiger partial charge on any atom is -0.341 e. The van der Waals surface area contributed by atoms with E-state index in [-0.39, 0.29) is 0 Å². The summed E-state index contributed by atoms with van der Waals surface area (Å²) in [6, 6.07) is 0. The maximum atomic E-state index is 6.33. The first kappa shape index (κ1) is 26.4. The van der Waals surface area contributed by atoms with Gasteiger partial charge in [0, 0.05) is 26.2 Å². The Morgan fingerprint density at radius 2 is 1.12 bits per heavy atom. The van der Waals surface area contributed by atoms with Gasteiger partial charge in [0.2, 0.25) is 17.2 Å². The summed E-state index contributed by atoms with van der Waals surface area (Å²) >= 11 is 6.33. The molecule has 2 aliphatic heterocycles. The van der Waals surface area contributed by atoms with Gasteiger partial charge in [-0.3, -0.25) is 0 Å². The van der Waals surface area contributed by atoms with Crippen molar-refractivity contribution in [3.8, 4) is 0 Å². The van der Waals surface area contributed by atoms with Crippen molar-refractivity contribution in [1.82, 2.24) is 25.6 Å². The van der Waals surface area contributed by atoms with Crippen LogP contribution < -0.4 is 20.4 Å². The molecule has 33 heavy (non-hydrogen) atoms. The molecule has 0 bridgehead atoms. The van der Waals surface area contributed by atoms with Crippen molar-refractivity contribution in [2.24, 2.45) is 11.8 Å². The van der Waals surface area contributed by atoms with Crippen LogP contribution in [0.2, 0.25) is 5.28 Å². The lowest BCUT2D eigenvalue weighted by Crippen LogP contribution is -2.38. The first-order valence-electron chi connectivity index (χ1n) is 13.5. The van der Waals surface area contributed by atoms with E-state index in [1.165, 1.54) is 64.2 Å². The van der Waals surface area contributed by atoms with Crippen LogP contribution in [0.5, 0.6) is 0 Å². The zero-order valence-electron chi connectivity index (χ0n) is 21.0. The third-order valence-electron chi connectivity index (χ3n) is 7.25. The van der Waals surface area contributed by atoms with E-state index in [1.54, 1.807) is 0 Å². The van der Waals surface area contributed by atoms with Crippen LogP contribution in [0, 0.1) is 11.8 Å². The lowest BCUT2D eigenvalue weighted by atomic mass is 9.93. The maximum absolute atomic E-state index is 6.33. The van der Waals surface area contributed by atoms with Gasteiger partial charge in [-0.05, 0) is 101 Å². The van der Waals surface area contributed by atoms with Gasteiger partial charge in [0.05, 0.1) is 0 Å². The highest BCUT2D eigenvalue weighted by Crippen LogP contribution is 2.27. The van der Waals surface area contributed by atoms with Gasteiger partial charge in [0.25, 0.3) is 0 Å². The van der Waals surface area contributed by atoms with Gasteiger partial charge < -0.3 is 20.4 Å². The van der Waals surface area contributed by atoms with Crippen LogP contribution in [0.25, 0.3) is 0 Å². The van der Waals surface area contributed by atoms with Crippen LogP contribution in [0.1, 0.15) is 78.1 Å². The molecule has 1 aromatic rings. The van der Waals surface area contributed by atoms with Gasteiger partial charge in [0.1, 0.15) is 0 Å². The smallest absolute Gasteiger partial charge is 0.231 e. The van der Waals surface area contributed by atoms with E-state index in [1.807, 2.05) is 0 Å². The number of nitrogens with one attached hydrogen (secondary N) is 2. The highest BCUT2D eigenvalue weighted by molar-refractivity contribution is 6.28. The molecule has 2 fully saturated rings. The zero-order valence-corrected chi connectivity index (χ0v) is 21.8. The molecule has 2 saturated heterocycles. The van der Waals surface area contributed by atoms with E-state index in [2.05, 4.69) is 44.2 Å². The number of anilines is 2. The van der Waals surface area contributed by atoms with Gasteiger partial charge in [-0.15, -0.1) is 0 Å². The molecule has 3 heterocycles. The number of rotatable bonds is 14. The molecule has 7 nitrogen and oxygen atoms in total. The monoisotopic (exact) mass is 479 g/mol. The second-order valence-electron chi connectivity index (χ2n) is 9.85.